The number of nitrogens with one attached hydrogen (secondary N) is 2. The summed E-state index contributed by atoms with van der Waals surface area (Å²) in [6.07, 6.45) is -1.14. The van der Waals surface area contributed by atoms with Crippen LogP contribution in [-0.2, 0) is 21.6 Å². The van der Waals surface area contributed by atoms with Gasteiger partial charge >= 0.3 is 6.09 Å². The van der Waals surface area contributed by atoms with E-state index in [2.05, 4.69) is 10.6 Å². The van der Waals surface area contributed by atoms with Crippen LogP contribution >= 0.6 is 0 Å². The van der Waals surface area contributed by atoms with Crippen LogP contribution in [0.4, 0.5) is 9.18 Å². The molecule has 1 aliphatic rings. The molecule has 0 aliphatic carbocycles. The highest BCUT2D eigenvalue weighted by atomic mass is 19.1. The van der Waals surface area contributed by atoms with Crippen LogP contribution in [0.5, 0.6) is 5.75 Å². The van der Waals surface area contributed by atoms with Crippen molar-refractivity contribution in [3.05, 3.63) is 88.7 Å². The number of nitrogens with zero attached hydrogens (tertiary/aromatic N) is 1. The maximum Gasteiger partial charge on any atom is 0.406 e. The number of rotatable bonds is 11. The van der Waals surface area contributed by atoms with Crippen LogP contribution in [0.2, 0.25) is 0 Å². The fourth-order valence-corrected chi connectivity index (χ4v) is 5.51. The van der Waals surface area contributed by atoms with Crippen LogP contribution in [0.15, 0.2) is 60.7 Å². The monoisotopic (exact) mass is 593 g/mol. The molecule has 0 bridgehead atoms. The topological polar surface area (TPSA) is 109 Å². The van der Waals surface area contributed by atoms with Gasteiger partial charge in [-0.25, -0.2) is 9.18 Å². The molecular weight excluding hydrogens is 553 g/mol. The lowest BCUT2D eigenvalue weighted by molar-refractivity contribution is -0.147. The van der Waals surface area contributed by atoms with Gasteiger partial charge in [-0.3, -0.25) is 4.79 Å². The maximum absolute atomic E-state index is 15.7. The first-order valence-electron chi connectivity index (χ1n) is 14.4. The molecule has 3 aromatic carbocycles. The van der Waals surface area contributed by atoms with Crippen molar-refractivity contribution in [1.82, 2.24) is 15.5 Å². The van der Waals surface area contributed by atoms with E-state index in [0.29, 0.717) is 35.5 Å². The molecule has 1 aliphatic heterocycles. The summed E-state index contributed by atoms with van der Waals surface area (Å²) in [5, 5.41) is 18.0. The number of hydrogen-bond donors (Lipinski definition) is 3. The van der Waals surface area contributed by atoms with Crippen LogP contribution in [0, 0.1) is 12.7 Å². The third kappa shape index (κ3) is 7.51. The molecule has 0 radical (unpaired) electrons. The molecule has 0 saturated carbocycles. The molecule has 10 heteroatoms. The first-order valence-corrected chi connectivity index (χ1v) is 14.4. The zero-order valence-electron chi connectivity index (χ0n) is 25.1. The van der Waals surface area contributed by atoms with E-state index >= 15 is 4.39 Å². The van der Waals surface area contributed by atoms with Crippen LogP contribution in [0.25, 0.3) is 11.1 Å². The van der Waals surface area contributed by atoms with E-state index in [4.69, 9.17) is 14.2 Å². The van der Waals surface area contributed by atoms with Gasteiger partial charge in [0.1, 0.15) is 23.3 Å². The molecule has 230 valence electrons. The van der Waals surface area contributed by atoms with Crippen molar-refractivity contribution in [1.29, 1.82) is 0 Å². The standard InChI is InChI=1S/C33H40FN3O6/c1-22-17-25(19-26(18-22)41-4)30-27(7-5-8-28(30)34)33(40,13-6-15-43-32(39)36-3)29-21-37(14-16-42-29)31(38)24-11-9-23(10-12-24)20-35-2/h5,7-12,17-19,29,35,40H,6,13-16,20-21H2,1-4H3,(H,36,39). The van der Waals surface area contributed by atoms with Crippen molar-refractivity contribution in [2.45, 2.75) is 38.0 Å². The zero-order valence-corrected chi connectivity index (χ0v) is 25.1. The Morgan fingerprint density at radius 3 is 2.60 bits per heavy atom. The Bertz CT molecular complexity index is 1420. The number of alkyl carbamates (subject to hydrolysis) is 1. The minimum atomic E-state index is -1.74. The first kappa shape index (κ1) is 31.9. The molecule has 2 amide bonds. The summed E-state index contributed by atoms with van der Waals surface area (Å²) in [5.74, 6) is -0.147. The number of methoxy groups -OCH3 is 1. The van der Waals surface area contributed by atoms with Gasteiger partial charge in [0.2, 0.25) is 0 Å². The molecule has 1 saturated heterocycles. The number of halogens is 1. The smallest absolute Gasteiger partial charge is 0.406 e. The number of carbonyl (C=O) groups is 2. The summed E-state index contributed by atoms with van der Waals surface area (Å²) in [5.41, 5.74) is 1.77. The van der Waals surface area contributed by atoms with Crippen LogP contribution in [0.1, 0.15) is 39.9 Å². The predicted octanol–water partition coefficient (Wildman–Crippen LogP) is 4.39. The molecule has 43 heavy (non-hydrogen) atoms. The summed E-state index contributed by atoms with van der Waals surface area (Å²) in [6, 6.07) is 17.3. The Morgan fingerprint density at radius 1 is 1.14 bits per heavy atom. The van der Waals surface area contributed by atoms with Crippen LogP contribution in [-0.4, -0.2) is 75.6 Å². The van der Waals surface area contributed by atoms with Crippen LogP contribution in [0.3, 0.4) is 0 Å². The SMILES string of the molecule is CNCc1ccc(C(=O)N2CCOC(C(O)(CCCOC(=O)NC)c3cccc(F)c3-c3cc(C)cc(OC)c3)C2)cc1. The van der Waals surface area contributed by atoms with Gasteiger partial charge in [0.25, 0.3) is 5.91 Å². The number of carbonyl (C=O) groups excluding carboxylic acids is 2. The molecule has 3 N–H and O–H groups in total. The number of amides is 2. The van der Waals surface area contributed by atoms with Gasteiger partial charge in [-0.05, 0) is 79.4 Å². The number of aryl methyl sites for hydroxylation is 1. The summed E-state index contributed by atoms with van der Waals surface area (Å²) in [4.78, 5) is 26.9. The van der Waals surface area contributed by atoms with E-state index in [1.54, 1.807) is 42.3 Å². The van der Waals surface area contributed by atoms with E-state index in [1.165, 1.54) is 13.1 Å². The third-order valence-corrected chi connectivity index (χ3v) is 7.66. The Kier molecular flexibility index (Phi) is 10.7. The van der Waals surface area contributed by atoms with Crippen molar-refractivity contribution in [2.24, 2.45) is 0 Å². The summed E-state index contributed by atoms with van der Waals surface area (Å²) >= 11 is 0. The molecule has 2 unspecified atom stereocenters. The van der Waals surface area contributed by atoms with E-state index in [1.807, 2.05) is 38.2 Å². The van der Waals surface area contributed by atoms with Gasteiger partial charge < -0.3 is 34.9 Å². The van der Waals surface area contributed by atoms with E-state index in [0.717, 1.165) is 11.1 Å². The Labute approximate surface area is 251 Å². The molecule has 0 spiro atoms. The third-order valence-electron chi connectivity index (χ3n) is 7.66. The first-order chi connectivity index (χ1) is 20.7. The summed E-state index contributed by atoms with van der Waals surface area (Å²) in [7, 11) is 4.86. The molecule has 9 nitrogen and oxygen atoms in total. The number of morpholine rings is 1. The highest BCUT2D eigenvalue weighted by Crippen LogP contribution is 2.42. The predicted molar refractivity (Wildman–Crippen MR) is 162 cm³/mol. The van der Waals surface area contributed by atoms with Crippen molar-refractivity contribution >= 4 is 12.0 Å². The molecule has 2 atom stereocenters. The molecule has 4 rings (SSSR count). The lowest BCUT2D eigenvalue weighted by Crippen LogP contribution is -2.54. The second-order valence-electron chi connectivity index (χ2n) is 10.7. The molecule has 0 aromatic heterocycles. The number of aliphatic hydroxyl groups is 1. The summed E-state index contributed by atoms with van der Waals surface area (Å²) < 4.78 is 32.5. The van der Waals surface area contributed by atoms with Gasteiger partial charge in [-0.15, -0.1) is 0 Å². The van der Waals surface area contributed by atoms with Crippen molar-refractivity contribution in [3.8, 4) is 16.9 Å². The minimum Gasteiger partial charge on any atom is -0.497 e. The van der Waals surface area contributed by atoms with Crippen LogP contribution < -0.4 is 15.4 Å². The van der Waals surface area contributed by atoms with Crippen molar-refractivity contribution < 1.29 is 33.3 Å². The normalized spacial score (nSPS) is 16.3. The highest BCUT2D eigenvalue weighted by Gasteiger charge is 2.44. The lowest BCUT2D eigenvalue weighted by Gasteiger charge is -2.43. The number of hydrogen-bond acceptors (Lipinski definition) is 7. The Morgan fingerprint density at radius 2 is 1.91 bits per heavy atom. The second kappa shape index (κ2) is 14.5. The van der Waals surface area contributed by atoms with Gasteiger partial charge in [0, 0.05) is 31.3 Å². The minimum absolute atomic E-state index is 0.0270. The summed E-state index contributed by atoms with van der Waals surface area (Å²) in [6.45, 7) is 3.21. The Hall–Kier alpha value is -3.99. The van der Waals surface area contributed by atoms with Gasteiger partial charge in [-0.2, -0.15) is 0 Å². The highest BCUT2D eigenvalue weighted by molar-refractivity contribution is 5.94. The average Bonchev–Trinajstić information content (AvgIpc) is 3.02. The fraction of sp³-hybridized carbons (Fsp3) is 0.394. The van der Waals surface area contributed by atoms with Gasteiger partial charge in [0.15, 0.2) is 0 Å². The molecular formula is C33H40FN3O6. The average molecular weight is 594 g/mol. The zero-order chi connectivity index (χ0) is 31.0. The van der Waals surface area contributed by atoms with E-state index < -0.39 is 23.6 Å². The van der Waals surface area contributed by atoms with Crippen molar-refractivity contribution in [3.63, 3.8) is 0 Å². The molecule has 1 fully saturated rings. The second-order valence-corrected chi connectivity index (χ2v) is 10.7. The fourth-order valence-electron chi connectivity index (χ4n) is 5.51. The van der Waals surface area contributed by atoms with E-state index in [9.17, 15) is 14.7 Å². The van der Waals surface area contributed by atoms with E-state index in [-0.39, 0.29) is 44.1 Å². The largest absolute Gasteiger partial charge is 0.497 e. The lowest BCUT2D eigenvalue weighted by atomic mass is 9.79. The number of ether oxygens (including phenoxy) is 3. The quantitative estimate of drug-likeness (QED) is 0.283. The molecule has 1 heterocycles. The van der Waals surface area contributed by atoms with Gasteiger partial charge in [-0.1, -0.05) is 30.3 Å². The van der Waals surface area contributed by atoms with Crippen molar-refractivity contribution in [2.75, 3.05) is 47.5 Å². The number of benzene rings is 3. The molecule has 3 aromatic rings. The Balaban J connectivity index is 1.71. The van der Waals surface area contributed by atoms with Gasteiger partial charge in [0.05, 0.1) is 26.9 Å². The maximum atomic E-state index is 15.7.